The second-order valence-electron chi connectivity index (χ2n) is 4.53. The molecular weight excluding hydrogens is 310 g/mol. The van der Waals surface area contributed by atoms with Crippen LogP contribution in [0.5, 0.6) is 0 Å². The van der Waals surface area contributed by atoms with Gasteiger partial charge in [0.25, 0.3) is 0 Å². The number of rotatable bonds is 1. The molecule has 0 aliphatic rings. The largest absolute Gasteiger partial charge is 0.308 e. The zero-order chi connectivity index (χ0) is 17.0. The maximum absolute atomic E-state index is 8.39. The van der Waals surface area contributed by atoms with E-state index in [9.17, 15) is 0 Å². The van der Waals surface area contributed by atoms with Gasteiger partial charge in [0.1, 0.15) is 0 Å². The van der Waals surface area contributed by atoms with Crippen molar-refractivity contribution in [3.05, 3.63) is 77.2 Å². The van der Waals surface area contributed by atoms with Gasteiger partial charge in [0.2, 0.25) is 0 Å². The van der Waals surface area contributed by atoms with E-state index in [2.05, 4.69) is 15.9 Å². The van der Waals surface area contributed by atoms with Crippen LogP contribution in [0.2, 0.25) is 0 Å². The number of hydrogen-bond acceptors (Lipinski definition) is 0. The van der Waals surface area contributed by atoms with Gasteiger partial charge in [-0.2, -0.15) is 0 Å². The quantitative estimate of drug-likeness (QED) is 0.432. The predicted octanol–water partition coefficient (Wildman–Crippen LogP) is 5.55. The van der Waals surface area contributed by atoms with E-state index in [1.165, 1.54) is 0 Å². The normalized spacial score (nSPS) is 14.1. The van der Waals surface area contributed by atoms with Crippen molar-refractivity contribution >= 4 is 37.7 Å². The minimum absolute atomic E-state index is 0.0104. The molecule has 0 aliphatic carbocycles. The molecule has 0 unspecified atom stereocenters. The van der Waals surface area contributed by atoms with E-state index in [1.807, 2.05) is 53.1 Å². The van der Waals surface area contributed by atoms with Crippen LogP contribution in [0.4, 0.5) is 0 Å². The topological polar surface area (TPSA) is 4.93 Å². The lowest BCUT2D eigenvalue weighted by atomic mass is 10.2. The van der Waals surface area contributed by atoms with Gasteiger partial charge in [0.05, 0.1) is 16.5 Å². The monoisotopic (exact) mass is 325 g/mol. The average molecular weight is 326 g/mol. The van der Waals surface area contributed by atoms with Gasteiger partial charge >= 0.3 is 0 Å². The van der Waals surface area contributed by atoms with Crippen LogP contribution >= 0.6 is 15.9 Å². The summed E-state index contributed by atoms with van der Waals surface area (Å²) >= 11 is 3.57. The van der Waals surface area contributed by atoms with Gasteiger partial charge in [0, 0.05) is 20.9 Å². The summed E-state index contributed by atoms with van der Waals surface area (Å²) in [6.45, 7) is 0. The molecule has 4 aromatic rings. The number of aromatic nitrogens is 1. The van der Waals surface area contributed by atoms with Crippen molar-refractivity contribution in [3.63, 3.8) is 0 Å². The highest BCUT2D eigenvalue weighted by molar-refractivity contribution is 9.10. The Morgan fingerprint density at radius 1 is 0.850 bits per heavy atom. The van der Waals surface area contributed by atoms with E-state index >= 15 is 0 Å². The molecule has 3 aromatic carbocycles. The zero-order valence-electron chi connectivity index (χ0n) is 14.4. The van der Waals surface area contributed by atoms with Gasteiger partial charge in [-0.15, -0.1) is 0 Å². The molecule has 0 spiro atoms. The third kappa shape index (κ3) is 1.61. The summed E-state index contributed by atoms with van der Waals surface area (Å²) in [6.07, 6.45) is 0. The molecule has 1 nitrogen and oxygen atoms in total. The number of nitrogens with zero attached hydrogens (tertiary/aromatic N) is 1. The summed E-state index contributed by atoms with van der Waals surface area (Å²) in [5.41, 5.74) is 2.19. The molecule has 1 aromatic heterocycles. The highest BCUT2D eigenvalue weighted by Crippen LogP contribution is 2.35. The number of benzene rings is 3. The Morgan fingerprint density at radius 3 is 2.50 bits per heavy atom. The molecule has 0 aliphatic heterocycles. The molecule has 0 N–H and O–H groups in total. The molecule has 20 heavy (non-hydrogen) atoms. The fraction of sp³-hybridized carbons (Fsp3) is 0. The van der Waals surface area contributed by atoms with Crippen molar-refractivity contribution in [1.82, 2.24) is 4.57 Å². The Labute approximate surface area is 131 Å². The second-order valence-corrected chi connectivity index (χ2v) is 5.38. The van der Waals surface area contributed by atoms with Crippen LogP contribution in [0.25, 0.3) is 27.5 Å². The fourth-order valence-electron chi connectivity index (χ4n) is 2.56. The van der Waals surface area contributed by atoms with Crippen LogP contribution in [-0.4, -0.2) is 4.57 Å². The molecular formula is C18H12BrN. The summed E-state index contributed by atoms with van der Waals surface area (Å²) in [4.78, 5) is 0. The first-order valence-corrected chi connectivity index (χ1v) is 7.06. The molecule has 0 saturated heterocycles. The van der Waals surface area contributed by atoms with Crippen LogP contribution < -0.4 is 0 Å². The molecule has 1 heterocycles. The predicted molar refractivity (Wildman–Crippen MR) is 88.5 cm³/mol. The molecule has 96 valence electrons. The first-order chi connectivity index (χ1) is 11.5. The Bertz CT molecular complexity index is 1100. The van der Waals surface area contributed by atoms with E-state index in [4.69, 9.17) is 5.48 Å². The molecule has 4 rings (SSSR count). The number of para-hydroxylation sites is 3. The van der Waals surface area contributed by atoms with Gasteiger partial charge in [-0.3, -0.25) is 0 Å². The van der Waals surface area contributed by atoms with E-state index in [1.54, 1.807) is 0 Å². The van der Waals surface area contributed by atoms with Crippen molar-refractivity contribution < 1.29 is 5.48 Å². The van der Waals surface area contributed by atoms with E-state index in [0.29, 0.717) is 10.9 Å². The van der Waals surface area contributed by atoms with Crippen molar-refractivity contribution in [3.8, 4) is 5.69 Å². The third-order valence-corrected chi connectivity index (χ3v) is 4.03. The molecule has 0 saturated carbocycles. The lowest BCUT2D eigenvalue weighted by Gasteiger charge is -2.08. The van der Waals surface area contributed by atoms with Gasteiger partial charge in [0.15, 0.2) is 0 Å². The minimum Gasteiger partial charge on any atom is -0.308 e. The summed E-state index contributed by atoms with van der Waals surface area (Å²) in [5.74, 6) is 0. The molecule has 0 atom stereocenters. The standard InChI is InChI=1S/C18H12BrN/c19-16-11-6-10-15-14-9-4-5-12-17(14)20(18(15)16)13-7-2-1-3-8-13/h1-12H/i4D,5D,9D,12D. The van der Waals surface area contributed by atoms with E-state index in [-0.39, 0.29) is 24.2 Å². The van der Waals surface area contributed by atoms with Gasteiger partial charge in [-0.1, -0.05) is 48.5 Å². The fourth-order valence-corrected chi connectivity index (χ4v) is 3.10. The second kappa shape index (κ2) is 4.50. The highest BCUT2D eigenvalue weighted by atomic mass is 79.9. The minimum atomic E-state index is -0.219. The van der Waals surface area contributed by atoms with Crippen molar-refractivity contribution in [1.29, 1.82) is 0 Å². The van der Waals surface area contributed by atoms with Gasteiger partial charge < -0.3 is 4.57 Å². The van der Waals surface area contributed by atoms with Crippen molar-refractivity contribution in [2.24, 2.45) is 0 Å². The first-order valence-electron chi connectivity index (χ1n) is 8.26. The highest BCUT2D eigenvalue weighted by Gasteiger charge is 2.13. The van der Waals surface area contributed by atoms with Crippen molar-refractivity contribution in [2.75, 3.05) is 0 Å². The maximum atomic E-state index is 8.39. The molecule has 0 amide bonds. The molecule has 2 heteroatoms. The Kier molecular flexibility index (Phi) is 1.86. The number of halogens is 1. The summed E-state index contributed by atoms with van der Waals surface area (Å²) in [5, 5.41) is 1.34. The van der Waals surface area contributed by atoms with Crippen LogP contribution in [0.3, 0.4) is 0 Å². The molecule has 0 fully saturated rings. The smallest absolute Gasteiger partial charge is 0.0683 e. The average Bonchev–Trinajstić information content (AvgIpc) is 2.95. The summed E-state index contributed by atoms with van der Waals surface area (Å²) < 4.78 is 35.5. The number of fused-ring (bicyclic) bond motifs is 3. The van der Waals surface area contributed by atoms with Crippen LogP contribution in [0.15, 0.2) is 77.2 Å². The molecule has 0 radical (unpaired) electrons. The zero-order valence-corrected chi connectivity index (χ0v) is 12.0. The Balaban J connectivity index is 2.37. The van der Waals surface area contributed by atoms with Crippen LogP contribution in [0, 0.1) is 0 Å². The maximum Gasteiger partial charge on any atom is 0.0683 e. The van der Waals surface area contributed by atoms with Crippen molar-refractivity contribution in [2.45, 2.75) is 0 Å². The number of hydrogen-bond donors (Lipinski definition) is 0. The Hall–Kier alpha value is -2.06. The van der Waals surface area contributed by atoms with Gasteiger partial charge in [-0.05, 0) is 40.2 Å². The molecule has 0 bridgehead atoms. The Morgan fingerprint density at radius 2 is 1.65 bits per heavy atom. The summed E-state index contributed by atoms with van der Waals surface area (Å²) in [7, 11) is 0. The van der Waals surface area contributed by atoms with E-state index in [0.717, 1.165) is 21.1 Å². The summed E-state index contributed by atoms with van der Waals surface area (Å²) in [6, 6.07) is 14.8. The third-order valence-electron chi connectivity index (χ3n) is 3.39. The van der Waals surface area contributed by atoms with E-state index < -0.39 is 0 Å². The van der Waals surface area contributed by atoms with Crippen LogP contribution in [0.1, 0.15) is 5.48 Å². The lowest BCUT2D eigenvalue weighted by molar-refractivity contribution is 1.18. The SMILES string of the molecule is [2H]c1c([2H])c([2H])c2c(c1[2H])c1cccc(Br)c1n2-c1ccccc1. The van der Waals surface area contributed by atoms with Gasteiger partial charge in [-0.25, -0.2) is 0 Å². The lowest BCUT2D eigenvalue weighted by Crippen LogP contribution is -1.93. The first kappa shape index (κ1) is 8.28. The van der Waals surface area contributed by atoms with Crippen LogP contribution in [-0.2, 0) is 0 Å².